The van der Waals surface area contributed by atoms with Gasteiger partial charge < -0.3 is 4.90 Å². The molecule has 1 aliphatic heterocycles. The number of piperidine rings is 1. The molecule has 1 N–H and O–H groups in total. The molecule has 1 fully saturated rings. The van der Waals surface area contributed by atoms with E-state index < -0.39 is 0 Å². The molecule has 134 valence electrons. The average molecular weight is 343 g/mol. The number of rotatable bonds is 6. The number of nitrogens with one attached hydrogen (secondary N) is 1. The molecule has 1 aliphatic rings. The van der Waals surface area contributed by atoms with Gasteiger partial charge >= 0.3 is 0 Å². The maximum absolute atomic E-state index is 13.0. The first-order chi connectivity index (χ1) is 12.2. The van der Waals surface area contributed by atoms with Crippen LogP contribution in [0.1, 0.15) is 54.2 Å². The van der Waals surface area contributed by atoms with E-state index in [0.717, 1.165) is 68.4 Å². The van der Waals surface area contributed by atoms with Crippen molar-refractivity contribution in [2.75, 3.05) is 13.1 Å². The van der Waals surface area contributed by atoms with Crippen LogP contribution in [0.15, 0.2) is 30.5 Å². The highest BCUT2D eigenvalue weighted by molar-refractivity contribution is 5.95. The van der Waals surface area contributed by atoms with Crippen molar-refractivity contribution in [2.45, 2.75) is 45.4 Å². The van der Waals surface area contributed by atoms with Crippen LogP contribution in [0.3, 0.4) is 0 Å². The largest absolute Gasteiger partial charge is 0.338 e. The molecule has 1 amide bonds. The first kappa shape index (κ1) is 17.6. The van der Waals surface area contributed by atoms with Crippen LogP contribution in [0, 0.1) is 11.7 Å². The predicted molar refractivity (Wildman–Crippen MR) is 95.9 cm³/mol. The molecule has 5 heteroatoms. The Bertz CT molecular complexity index is 695. The van der Waals surface area contributed by atoms with Gasteiger partial charge in [0.15, 0.2) is 0 Å². The number of nitrogens with zero attached hydrogens (tertiary/aromatic N) is 2. The summed E-state index contributed by atoms with van der Waals surface area (Å²) in [4.78, 5) is 14.8. The number of benzene rings is 1. The van der Waals surface area contributed by atoms with Gasteiger partial charge in [0.05, 0.1) is 11.8 Å². The Hall–Kier alpha value is -2.17. The van der Waals surface area contributed by atoms with Crippen molar-refractivity contribution in [2.24, 2.45) is 5.92 Å². The van der Waals surface area contributed by atoms with Crippen molar-refractivity contribution in [1.82, 2.24) is 15.1 Å². The number of aromatic nitrogens is 2. The fourth-order valence-corrected chi connectivity index (χ4v) is 3.62. The van der Waals surface area contributed by atoms with Crippen LogP contribution in [0.2, 0.25) is 0 Å². The molecule has 1 aromatic carbocycles. The molecular weight excluding hydrogens is 317 g/mol. The van der Waals surface area contributed by atoms with Crippen LogP contribution >= 0.6 is 0 Å². The molecule has 0 radical (unpaired) electrons. The summed E-state index contributed by atoms with van der Waals surface area (Å²) in [5, 5.41) is 7.02. The summed E-state index contributed by atoms with van der Waals surface area (Å²) >= 11 is 0. The molecule has 2 heterocycles. The van der Waals surface area contributed by atoms with E-state index in [1.165, 1.54) is 12.1 Å². The van der Waals surface area contributed by atoms with Gasteiger partial charge in [0, 0.05) is 18.8 Å². The van der Waals surface area contributed by atoms with Gasteiger partial charge in [-0.3, -0.25) is 9.89 Å². The van der Waals surface area contributed by atoms with Crippen LogP contribution in [-0.4, -0.2) is 34.1 Å². The lowest BCUT2D eigenvalue weighted by atomic mass is 9.91. The zero-order valence-electron chi connectivity index (χ0n) is 14.8. The van der Waals surface area contributed by atoms with Crippen LogP contribution in [-0.2, 0) is 12.8 Å². The Morgan fingerprint density at radius 1 is 1.32 bits per heavy atom. The van der Waals surface area contributed by atoms with E-state index in [4.69, 9.17) is 0 Å². The maximum atomic E-state index is 13.0. The highest BCUT2D eigenvalue weighted by Crippen LogP contribution is 2.23. The zero-order valence-corrected chi connectivity index (χ0v) is 14.8. The highest BCUT2D eigenvalue weighted by atomic mass is 19.1. The number of likely N-dealkylation sites (tertiary alicyclic amines) is 1. The summed E-state index contributed by atoms with van der Waals surface area (Å²) in [6.07, 6.45) is 7.66. The third-order valence-electron chi connectivity index (χ3n) is 5.01. The molecule has 0 saturated carbocycles. The number of halogens is 1. The lowest BCUT2D eigenvalue weighted by Crippen LogP contribution is -2.40. The average Bonchev–Trinajstić information content (AvgIpc) is 3.09. The molecule has 4 nitrogen and oxygen atoms in total. The topological polar surface area (TPSA) is 49.0 Å². The Morgan fingerprint density at radius 3 is 2.88 bits per heavy atom. The second-order valence-corrected chi connectivity index (χ2v) is 6.94. The number of carbonyl (C=O) groups excluding carboxylic acids is 1. The Balaban J connectivity index is 1.57. The minimum atomic E-state index is -0.193. The van der Waals surface area contributed by atoms with Crippen LogP contribution < -0.4 is 0 Å². The SMILES string of the molecule is CCCc1[nH]ncc1C(=O)N1CCC[C@H](CCc2ccc(F)cc2)C1. The predicted octanol–water partition coefficient (Wildman–Crippen LogP) is 3.99. The number of hydrogen-bond acceptors (Lipinski definition) is 2. The summed E-state index contributed by atoms with van der Waals surface area (Å²) in [6.45, 7) is 3.72. The number of amides is 1. The molecule has 1 atom stereocenters. The van der Waals surface area contributed by atoms with Crippen molar-refractivity contribution >= 4 is 5.91 Å². The van der Waals surface area contributed by atoms with Crippen LogP contribution in [0.5, 0.6) is 0 Å². The molecule has 0 unspecified atom stereocenters. The van der Waals surface area contributed by atoms with E-state index in [0.29, 0.717) is 5.92 Å². The van der Waals surface area contributed by atoms with E-state index in [2.05, 4.69) is 17.1 Å². The molecule has 0 spiro atoms. The first-order valence-electron chi connectivity index (χ1n) is 9.23. The minimum Gasteiger partial charge on any atom is -0.338 e. The van der Waals surface area contributed by atoms with E-state index in [-0.39, 0.29) is 11.7 Å². The third-order valence-corrected chi connectivity index (χ3v) is 5.01. The van der Waals surface area contributed by atoms with Crippen molar-refractivity contribution in [3.63, 3.8) is 0 Å². The molecule has 3 rings (SSSR count). The van der Waals surface area contributed by atoms with Gasteiger partial charge in [-0.2, -0.15) is 5.10 Å². The smallest absolute Gasteiger partial charge is 0.257 e. The van der Waals surface area contributed by atoms with Gasteiger partial charge in [0.1, 0.15) is 5.82 Å². The third kappa shape index (κ3) is 4.47. The summed E-state index contributed by atoms with van der Waals surface area (Å²) in [5.41, 5.74) is 2.83. The standard InChI is InChI=1S/C20H26FN3O/c1-2-4-19-18(13-22-23-19)20(25)24-12-3-5-16(14-24)7-6-15-8-10-17(21)11-9-15/h8-11,13,16H,2-7,12,14H2,1H3,(H,22,23)/t16-/m1/s1. The molecule has 1 aromatic heterocycles. The van der Waals surface area contributed by atoms with Crippen LogP contribution in [0.4, 0.5) is 4.39 Å². The van der Waals surface area contributed by atoms with Gasteiger partial charge in [-0.05, 0) is 55.7 Å². The summed E-state index contributed by atoms with van der Waals surface area (Å²) in [5.74, 6) is 0.411. The number of H-pyrrole nitrogens is 1. The van der Waals surface area contributed by atoms with Gasteiger partial charge in [-0.15, -0.1) is 0 Å². The Kier molecular flexibility index (Phi) is 5.84. The second kappa shape index (κ2) is 8.28. The summed E-state index contributed by atoms with van der Waals surface area (Å²) < 4.78 is 13.0. The fourth-order valence-electron chi connectivity index (χ4n) is 3.62. The number of aromatic amines is 1. The van der Waals surface area contributed by atoms with E-state index in [1.54, 1.807) is 6.20 Å². The lowest BCUT2D eigenvalue weighted by Gasteiger charge is -2.33. The van der Waals surface area contributed by atoms with Crippen molar-refractivity contribution < 1.29 is 9.18 Å². The summed E-state index contributed by atoms with van der Waals surface area (Å²) in [7, 11) is 0. The second-order valence-electron chi connectivity index (χ2n) is 6.94. The number of aryl methyl sites for hydroxylation is 2. The van der Waals surface area contributed by atoms with Gasteiger partial charge in [-0.25, -0.2) is 4.39 Å². The van der Waals surface area contributed by atoms with E-state index >= 15 is 0 Å². The van der Waals surface area contributed by atoms with Crippen molar-refractivity contribution in [1.29, 1.82) is 0 Å². The van der Waals surface area contributed by atoms with Gasteiger partial charge in [0.25, 0.3) is 5.91 Å². The van der Waals surface area contributed by atoms with E-state index in [1.807, 2.05) is 17.0 Å². The molecule has 1 saturated heterocycles. The number of hydrogen-bond donors (Lipinski definition) is 1. The van der Waals surface area contributed by atoms with E-state index in [9.17, 15) is 9.18 Å². The highest BCUT2D eigenvalue weighted by Gasteiger charge is 2.26. The van der Waals surface area contributed by atoms with Crippen molar-refractivity contribution in [3.8, 4) is 0 Å². The molecule has 0 bridgehead atoms. The first-order valence-corrected chi connectivity index (χ1v) is 9.23. The number of carbonyl (C=O) groups is 1. The molecule has 2 aromatic rings. The molecular formula is C20H26FN3O. The summed E-state index contributed by atoms with van der Waals surface area (Å²) in [6, 6.07) is 6.73. The molecule has 25 heavy (non-hydrogen) atoms. The van der Waals surface area contributed by atoms with Crippen molar-refractivity contribution in [3.05, 3.63) is 53.1 Å². The fraction of sp³-hybridized carbons (Fsp3) is 0.500. The van der Waals surface area contributed by atoms with Gasteiger partial charge in [0.2, 0.25) is 0 Å². The lowest BCUT2D eigenvalue weighted by molar-refractivity contribution is 0.0667. The quantitative estimate of drug-likeness (QED) is 0.862. The van der Waals surface area contributed by atoms with Crippen LogP contribution in [0.25, 0.3) is 0 Å². The van der Waals surface area contributed by atoms with Gasteiger partial charge in [-0.1, -0.05) is 25.5 Å². The maximum Gasteiger partial charge on any atom is 0.257 e. The normalized spacial score (nSPS) is 17.7. The Labute approximate surface area is 148 Å². The monoisotopic (exact) mass is 343 g/mol. The zero-order chi connectivity index (χ0) is 17.6. The minimum absolute atomic E-state index is 0.101. The molecule has 0 aliphatic carbocycles. The Morgan fingerprint density at radius 2 is 2.12 bits per heavy atom.